The van der Waals surface area contributed by atoms with Gasteiger partial charge >= 0.3 is 5.97 Å². The first-order valence-corrected chi connectivity index (χ1v) is 16.2. The van der Waals surface area contributed by atoms with Crippen LogP contribution in [-0.4, -0.2) is 76.9 Å². The van der Waals surface area contributed by atoms with E-state index in [-0.39, 0.29) is 31.3 Å². The molecule has 3 amide bonds. The van der Waals surface area contributed by atoms with Crippen LogP contribution >= 0.6 is 0 Å². The summed E-state index contributed by atoms with van der Waals surface area (Å²) in [6.45, 7) is 2.62. The number of hydroxylamine groups is 1. The number of benzene rings is 2. The minimum Gasteiger partial charge on any atom is -0.382 e. The molecule has 0 fully saturated rings. The number of aryl methyl sites for hydroxylation is 2. The van der Waals surface area contributed by atoms with Crippen molar-refractivity contribution in [2.24, 2.45) is 0 Å². The van der Waals surface area contributed by atoms with Crippen LogP contribution in [0.2, 0.25) is 0 Å². The molecule has 0 aromatic heterocycles. The monoisotopic (exact) mass is 641 g/mol. The van der Waals surface area contributed by atoms with Crippen molar-refractivity contribution in [2.45, 2.75) is 70.6 Å². The Kier molecular flexibility index (Phi) is 21.2. The van der Waals surface area contributed by atoms with E-state index in [1.807, 2.05) is 30.3 Å². The van der Waals surface area contributed by atoms with E-state index in [1.54, 1.807) is 7.11 Å². The molecule has 0 radical (unpaired) electrons. The fourth-order valence-electron chi connectivity index (χ4n) is 4.46. The summed E-state index contributed by atoms with van der Waals surface area (Å²) in [5.74, 6) is -1.23. The SMILES string of the molecule is COCCOCCOCC(=O)NCCCCCC(=O)NCCCC(=O)ONC(=O)Cc1ccc(CCCCc2ccccc2)cc1. The van der Waals surface area contributed by atoms with E-state index in [4.69, 9.17) is 19.0 Å². The number of nitrogens with one attached hydrogen (secondary N) is 3. The predicted octanol–water partition coefficient (Wildman–Crippen LogP) is 3.62. The molecule has 0 bridgehead atoms. The number of hydrogen-bond acceptors (Lipinski definition) is 8. The molecule has 0 heterocycles. The fourth-order valence-corrected chi connectivity index (χ4v) is 4.46. The Hall–Kier alpha value is -3.80. The maximum Gasteiger partial charge on any atom is 0.332 e. The van der Waals surface area contributed by atoms with Gasteiger partial charge < -0.3 is 29.7 Å². The first-order chi connectivity index (χ1) is 22.5. The highest BCUT2D eigenvalue weighted by atomic mass is 16.7. The van der Waals surface area contributed by atoms with Gasteiger partial charge in [-0.1, -0.05) is 61.0 Å². The van der Waals surface area contributed by atoms with Gasteiger partial charge in [0, 0.05) is 33.0 Å². The molecule has 0 spiro atoms. The summed E-state index contributed by atoms with van der Waals surface area (Å²) < 4.78 is 15.4. The van der Waals surface area contributed by atoms with Crippen LogP contribution in [0, 0.1) is 0 Å². The van der Waals surface area contributed by atoms with E-state index in [2.05, 4.69) is 40.4 Å². The Bertz CT molecular complexity index is 1130. The Morgan fingerprint density at radius 2 is 1.22 bits per heavy atom. The molecule has 0 aliphatic carbocycles. The van der Waals surface area contributed by atoms with Crippen LogP contribution in [0.25, 0.3) is 0 Å². The highest BCUT2D eigenvalue weighted by Gasteiger charge is 2.09. The number of methoxy groups -OCH3 is 1. The lowest BCUT2D eigenvalue weighted by Gasteiger charge is -2.08. The van der Waals surface area contributed by atoms with Gasteiger partial charge in [-0.2, -0.15) is 5.48 Å². The van der Waals surface area contributed by atoms with E-state index in [9.17, 15) is 19.2 Å². The van der Waals surface area contributed by atoms with Gasteiger partial charge in [0.1, 0.15) is 6.61 Å². The molecule has 0 aliphatic rings. The molecule has 0 saturated heterocycles. The summed E-state index contributed by atoms with van der Waals surface area (Å²) in [5.41, 5.74) is 5.64. The summed E-state index contributed by atoms with van der Waals surface area (Å²) in [6.07, 6.45) is 7.51. The maximum absolute atomic E-state index is 12.2. The van der Waals surface area contributed by atoms with Gasteiger partial charge in [0.15, 0.2) is 0 Å². The lowest BCUT2D eigenvalue weighted by Crippen LogP contribution is -2.29. The van der Waals surface area contributed by atoms with E-state index < -0.39 is 11.9 Å². The average Bonchev–Trinajstić information content (AvgIpc) is 3.06. The van der Waals surface area contributed by atoms with Crippen LogP contribution < -0.4 is 16.1 Å². The number of hydrogen-bond donors (Lipinski definition) is 3. The molecule has 11 nitrogen and oxygen atoms in total. The molecular weight excluding hydrogens is 590 g/mol. The highest BCUT2D eigenvalue weighted by molar-refractivity contribution is 5.80. The van der Waals surface area contributed by atoms with Gasteiger partial charge in [-0.05, 0) is 61.6 Å². The van der Waals surface area contributed by atoms with E-state index in [1.165, 1.54) is 11.1 Å². The minimum absolute atomic E-state index is 0.0128. The summed E-state index contributed by atoms with van der Waals surface area (Å²) >= 11 is 0. The molecule has 0 aliphatic heterocycles. The molecule has 46 heavy (non-hydrogen) atoms. The summed E-state index contributed by atoms with van der Waals surface area (Å²) in [6, 6.07) is 18.4. The van der Waals surface area contributed by atoms with Gasteiger partial charge in [-0.3, -0.25) is 14.4 Å². The van der Waals surface area contributed by atoms with Crippen molar-refractivity contribution in [3.8, 4) is 0 Å². The number of unbranched alkanes of at least 4 members (excludes halogenated alkanes) is 3. The topological polar surface area (TPSA) is 141 Å². The van der Waals surface area contributed by atoms with Crippen LogP contribution in [0.5, 0.6) is 0 Å². The van der Waals surface area contributed by atoms with Gasteiger partial charge in [0.25, 0.3) is 5.91 Å². The predicted molar refractivity (Wildman–Crippen MR) is 175 cm³/mol. The van der Waals surface area contributed by atoms with E-state index in [0.717, 1.165) is 44.1 Å². The lowest BCUT2D eigenvalue weighted by atomic mass is 10.0. The molecule has 2 aromatic rings. The van der Waals surface area contributed by atoms with Crippen molar-refractivity contribution in [1.82, 2.24) is 16.1 Å². The molecular formula is C35H51N3O8. The van der Waals surface area contributed by atoms with Gasteiger partial charge in [0.2, 0.25) is 11.8 Å². The zero-order chi connectivity index (χ0) is 33.1. The summed E-state index contributed by atoms with van der Waals surface area (Å²) in [7, 11) is 1.60. The summed E-state index contributed by atoms with van der Waals surface area (Å²) in [5, 5.41) is 5.56. The van der Waals surface area contributed by atoms with Crippen LogP contribution in [0.4, 0.5) is 0 Å². The molecule has 0 atom stereocenters. The Balaban J connectivity index is 1.40. The number of carbonyl (C=O) groups excluding carboxylic acids is 4. The average molecular weight is 642 g/mol. The normalized spacial score (nSPS) is 10.7. The van der Waals surface area contributed by atoms with Crippen molar-refractivity contribution in [1.29, 1.82) is 0 Å². The van der Waals surface area contributed by atoms with Crippen LogP contribution in [0.1, 0.15) is 68.1 Å². The smallest absolute Gasteiger partial charge is 0.332 e. The first-order valence-electron chi connectivity index (χ1n) is 16.2. The number of amides is 3. The first kappa shape index (κ1) is 38.4. The van der Waals surface area contributed by atoms with Crippen LogP contribution in [0.15, 0.2) is 54.6 Å². The largest absolute Gasteiger partial charge is 0.382 e. The molecule has 254 valence electrons. The second-order valence-corrected chi connectivity index (χ2v) is 11.0. The van der Waals surface area contributed by atoms with Gasteiger partial charge in [0.05, 0.1) is 32.8 Å². The zero-order valence-corrected chi connectivity index (χ0v) is 27.2. The Morgan fingerprint density at radius 1 is 0.587 bits per heavy atom. The van der Waals surface area contributed by atoms with Crippen molar-refractivity contribution >= 4 is 23.7 Å². The van der Waals surface area contributed by atoms with E-state index in [0.29, 0.717) is 58.8 Å². The van der Waals surface area contributed by atoms with Gasteiger partial charge in [-0.25, -0.2) is 4.79 Å². The van der Waals surface area contributed by atoms with E-state index >= 15 is 0 Å². The quantitative estimate of drug-likeness (QED) is 0.110. The van der Waals surface area contributed by atoms with Crippen molar-refractivity contribution in [2.75, 3.05) is 53.2 Å². The number of rotatable bonds is 25. The van der Waals surface area contributed by atoms with Gasteiger partial charge in [-0.15, -0.1) is 0 Å². The number of ether oxygens (including phenoxy) is 3. The zero-order valence-electron chi connectivity index (χ0n) is 27.2. The molecule has 0 saturated carbocycles. The highest BCUT2D eigenvalue weighted by Crippen LogP contribution is 2.11. The maximum atomic E-state index is 12.2. The van der Waals surface area contributed by atoms with Crippen molar-refractivity contribution in [3.05, 3.63) is 71.3 Å². The van der Waals surface area contributed by atoms with Crippen LogP contribution in [-0.2, 0) is 57.5 Å². The third-order valence-electron chi connectivity index (χ3n) is 7.01. The second kappa shape index (κ2) is 25.4. The second-order valence-electron chi connectivity index (χ2n) is 11.0. The minimum atomic E-state index is -0.559. The standard InChI is InChI=1S/C35H51N3O8/c1-43-23-24-44-25-26-45-28-34(41)37-21-9-3-6-15-32(39)36-22-10-16-35(42)46-38-33(40)27-31-19-17-30(18-20-31)14-8-7-13-29-11-4-2-5-12-29/h2,4-5,11-12,17-20H,3,6-10,13-16,21-28H2,1H3,(H,36,39)(H,37,41)(H,38,40). The van der Waals surface area contributed by atoms with Crippen molar-refractivity contribution < 1.29 is 38.2 Å². The lowest BCUT2D eigenvalue weighted by molar-refractivity contribution is -0.158. The Labute approximate surface area is 273 Å². The molecule has 2 rings (SSSR count). The third-order valence-corrected chi connectivity index (χ3v) is 7.01. The molecule has 3 N–H and O–H groups in total. The fraction of sp³-hybridized carbons (Fsp3) is 0.543. The summed E-state index contributed by atoms with van der Waals surface area (Å²) in [4.78, 5) is 52.7. The molecule has 2 aromatic carbocycles. The third kappa shape index (κ3) is 20.3. The van der Waals surface area contributed by atoms with Crippen LogP contribution in [0.3, 0.4) is 0 Å². The number of carbonyl (C=O) groups is 4. The Morgan fingerprint density at radius 3 is 1.96 bits per heavy atom. The molecule has 11 heteroatoms. The molecule has 0 unspecified atom stereocenters. The van der Waals surface area contributed by atoms with Crippen molar-refractivity contribution in [3.63, 3.8) is 0 Å².